The van der Waals surface area contributed by atoms with Crippen molar-refractivity contribution in [1.82, 2.24) is 4.90 Å². The molecule has 3 nitrogen and oxygen atoms in total. The predicted octanol–water partition coefficient (Wildman–Crippen LogP) is 5.54. The normalized spacial score (nSPS) is 18.5. The third-order valence-corrected chi connectivity index (χ3v) is 8.37. The van der Waals surface area contributed by atoms with E-state index in [9.17, 15) is 4.79 Å². The third-order valence-electron chi connectivity index (χ3n) is 6.07. The van der Waals surface area contributed by atoms with E-state index in [0.29, 0.717) is 6.04 Å². The second kappa shape index (κ2) is 7.29. The molecular weight excluding hydrogens is 396 g/mol. The fourth-order valence-corrected chi connectivity index (χ4v) is 6.95. The van der Waals surface area contributed by atoms with E-state index in [2.05, 4.69) is 62.1 Å². The van der Waals surface area contributed by atoms with E-state index in [-0.39, 0.29) is 5.91 Å². The maximum atomic E-state index is 13.3. The van der Waals surface area contributed by atoms with Crippen LogP contribution in [0.2, 0.25) is 0 Å². The van der Waals surface area contributed by atoms with Gasteiger partial charge in [-0.1, -0.05) is 12.1 Å². The Morgan fingerprint density at radius 2 is 1.93 bits per heavy atom. The zero-order valence-corrected chi connectivity index (χ0v) is 18.8. The standard InChI is InChI=1S/C24H26N2OS2/c1-15-5-4-6-19(11-15)26-10-9-25(14-16(26)2)24(27)22-13-18-7-8-21-20(23(18)29-22)12-17(3)28-21/h4-6,11-13,16H,7-10,14H2,1-3H3/t16-/m0/s1. The average molecular weight is 423 g/mol. The van der Waals surface area contributed by atoms with Crippen LogP contribution in [-0.4, -0.2) is 36.5 Å². The summed E-state index contributed by atoms with van der Waals surface area (Å²) in [5.74, 6) is 0.202. The molecule has 1 aliphatic carbocycles. The van der Waals surface area contributed by atoms with E-state index in [1.54, 1.807) is 11.3 Å². The van der Waals surface area contributed by atoms with Gasteiger partial charge in [-0.05, 0) is 69.0 Å². The van der Waals surface area contributed by atoms with Gasteiger partial charge in [-0.25, -0.2) is 0 Å². The van der Waals surface area contributed by atoms with Crippen LogP contribution in [0.4, 0.5) is 5.69 Å². The molecule has 5 heteroatoms. The van der Waals surface area contributed by atoms with Gasteiger partial charge in [0.25, 0.3) is 5.91 Å². The molecule has 1 atom stereocenters. The Labute approximate surface area is 180 Å². The summed E-state index contributed by atoms with van der Waals surface area (Å²) in [5, 5.41) is 0. The van der Waals surface area contributed by atoms with E-state index >= 15 is 0 Å². The number of hydrogen-bond acceptors (Lipinski definition) is 4. The van der Waals surface area contributed by atoms with Gasteiger partial charge in [-0.2, -0.15) is 0 Å². The van der Waals surface area contributed by atoms with E-state index in [1.807, 2.05) is 16.2 Å². The van der Waals surface area contributed by atoms with Crippen LogP contribution >= 0.6 is 22.7 Å². The maximum Gasteiger partial charge on any atom is 0.264 e. The lowest BCUT2D eigenvalue weighted by Gasteiger charge is -2.41. The van der Waals surface area contributed by atoms with Gasteiger partial charge >= 0.3 is 0 Å². The fourth-order valence-electron chi connectivity index (χ4n) is 4.62. The van der Waals surface area contributed by atoms with Gasteiger partial charge in [0.1, 0.15) is 0 Å². The van der Waals surface area contributed by atoms with Gasteiger partial charge in [-0.3, -0.25) is 4.79 Å². The van der Waals surface area contributed by atoms with Gasteiger partial charge in [0, 0.05) is 51.6 Å². The van der Waals surface area contributed by atoms with Crippen molar-refractivity contribution in [2.75, 3.05) is 24.5 Å². The summed E-state index contributed by atoms with van der Waals surface area (Å²) in [4.78, 5) is 22.9. The van der Waals surface area contributed by atoms with Crippen molar-refractivity contribution in [2.24, 2.45) is 0 Å². The monoisotopic (exact) mass is 422 g/mol. The minimum absolute atomic E-state index is 0.202. The van der Waals surface area contributed by atoms with Gasteiger partial charge in [0.05, 0.1) is 4.88 Å². The summed E-state index contributed by atoms with van der Waals surface area (Å²) in [6, 6.07) is 13.4. The lowest BCUT2D eigenvalue weighted by atomic mass is 9.98. The number of carbonyl (C=O) groups excluding carboxylic acids is 1. The zero-order valence-electron chi connectivity index (χ0n) is 17.2. The third kappa shape index (κ3) is 3.40. The summed E-state index contributed by atoms with van der Waals surface area (Å²) in [6.07, 6.45) is 2.17. The van der Waals surface area contributed by atoms with Gasteiger partial charge in [0.15, 0.2) is 0 Å². The molecule has 2 aliphatic rings. The van der Waals surface area contributed by atoms with Crippen molar-refractivity contribution >= 4 is 34.3 Å². The number of anilines is 1. The Balaban J connectivity index is 1.34. The lowest BCUT2D eigenvalue weighted by molar-refractivity contribution is 0.0731. The highest BCUT2D eigenvalue weighted by atomic mass is 32.1. The van der Waals surface area contributed by atoms with Crippen molar-refractivity contribution in [1.29, 1.82) is 0 Å². The number of fused-ring (bicyclic) bond motifs is 3. The minimum Gasteiger partial charge on any atom is -0.365 e. The number of nitrogens with zero attached hydrogens (tertiary/aromatic N) is 2. The minimum atomic E-state index is 0.202. The van der Waals surface area contributed by atoms with Gasteiger partial charge in [0.2, 0.25) is 0 Å². The molecule has 0 spiro atoms. The van der Waals surface area contributed by atoms with Crippen molar-refractivity contribution in [3.05, 3.63) is 62.2 Å². The largest absolute Gasteiger partial charge is 0.365 e. The van der Waals surface area contributed by atoms with E-state index in [4.69, 9.17) is 0 Å². The van der Waals surface area contributed by atoms with Crippen LogP contribution < -0.4 is 4.90 Å². The number of amides is 1. The molecule has 0 radical (unpaired) electrons. The molecule has 29 heavy (non-hydrogen) atoms. The van der Waals surface area contributed by atoms with Crippen LogP contribution in [0.1, 0.15) is 37.5 Å². The summed E-state index contributed by atoms with van der Waals surface area (Å²) >= 11 is 3.60. The van der Waals surface area contributed by atoms with Crippen molar-refractivity contribution < 1.29 is 4.79 Å². The molecule has 0 unspecified atom stereocenters. The molecule has 1 aliphatic heterocycles. The summed E-state index contributed by atoms with van der Waals surface area (Å²) in [7, 11) is 0. The zero-order chi connectivity index (χ0) is 20.1. The van der Waals surface area contributed by atoms with Crippen molar-refractivity contribution in [3.8, 4) is 10.4 Å². The number of rotatable bonds is 2. The molecule has 0 N–H and O–H groups in total. The highest BCUT2D eigenvalue weighted by Crippen LogP contribution is 2.43. The Kier molecular flexibility index (Phi) is 4.75. The van der Waals surface area contributed by atoms with Crippen molar-refractivity contribution in [2.45, 2.75) is 39.7 Å². The van der Waals surface area contributed by atoms with Gasteiger partial charge < -0.3 is 9.80 Å². The first-order chi connectivity index (χ1) is 14.0. The van der Waals surface area contributed by atoms with E-state index in [0.717, 1.165) is 37.4 Å². The summed E-state index contributed by atoms with van der Waals surface area (Å²) < 4.78 is 0. The molecule has 1 saturated heterocycles. The molecule has 1 fully saturated rings. The Morgan fingerprint density at radius 1 is 1.07 bits per heavy atom. The summed E-state index contributed by atoms with van der Waals surface area (Å²) in [5.41, 5.74) is 5.27. The fraction of sp³-hybridized carbons (Fsp3) is 0.375. The van der Waals surface area contributed by atoms with Crippen LogP contribution in [0.25, 0.3) is 10.4 Å². The number of hydrogen-bond donors (Lipinski definition) is 0. The van der Waals surface area contributed by atoms with Crippen LogP contribution in [0.15, 0.2) is 36.4 Å². The number of benzene rings is 1. The molecule has 3 aromatic rings. The molecule has 5 rings (SSSR count). The molecule has 150 valence electrons. The smallest absolute Gasteiger partial charge is 0.264 e. The molecule has 1 aromatic carbocycles. The first kappa shape index (κ1) is 18.9. The lowest BCUT2D eigenvalue weighted by Crippen LogP contribution is -2.53. The number of carbonyl (C=O) groups is 1. The first-order valence-electron chi connectivity index (χ1n) is 10.3. The summed E-state index contributed by atoms with van der Waals surface area (Å²) in [6.45, 7) is 8.97. The van der Waals surface area contributed by atoms with E-state index < -0.39 is 0 Å². The van der Waals surface area contributed by atoms with Crippen LogP contribution in [0.3, 0.4) is 0 Å². The predicted molar refractivity (Wildman–Crippen MR) is 124 cm³/mol. The molecule has 0 bridgehead atoms. The SMILES string of the molecule is Cc1cccc(N2CCN(C(=O)c3cc4c(s3)-c3cc(C)sc3CC4)C[C@@H]2C)c1. The number of aryl methyl sites for hydroxylation is 4. The second-order valence-corrected chi connectivity index (χ2v) is 10.7. The van der Waals surface area contributed by atoms with E-state index in [1.165, 1.54) is 37.0 Å². The topological polar surface area (TPSA) is 23.6 Å². The van der Waals surface area contributed by atoms with Crippen LogP contribution in [0, 0.1) is 13.8 Å². The van der Waals surface area contributed by atoms with Crippen LogP contribution in [0.5, 0.6) is 0 Å². The average Bonchev–Trinajstić information content (AvgIpc) is 3.29. The molecular formula is C24H26N2OS2. The number of piperazine rings is 1. The van der Waals surface area contributed by atoms with Crippen molar-refractivity contribution in [3.63, 3.8) is 0 Å². The maximum absolute atomic E-state index is 13.3. The number of thiophene rings is 2. The molecule has 0 saturated carbocycles. The molecule has 3 heterocycles. The quantitative estimate of drug-likeness (QED) is 0.541. The Bertz CT molecular complexity index is 1080. The first-order valence-corrected chi connectivity index (χ1v) is 12.0. The Hall–Kier alpha value is -2.11. The Morgan fingerprint density at radius 3 is 2.72 bits per heavy atom. The second-order valence-electron chi connectivity index (χ2n) is 8.29. The van der Waals surface area contributed by atoms with Gasteiger partial charge in [-0.15, -0.1) is 22.7 Å². The van der Waals surface area contributed by atoms with Crippen LogP contribution in [-0.2, 0) is 12.8 Å². The molecule has 1 amide bonds. The highest BCUT2D eigenvalue weighted by molar-refractivity contribution is 7.18. The highest BCUT2D eigenvalue weighted by Gasteiger charge is 2.30. The molecule has 2 aromatic heterocycles.